The van der Waals surface area contributed by atoms with Crippen molar-refractivity contribution in [2.24, 2.45) is 0 Å². The van der Waals surface area contributed by atoms with E-state index in [0.717, 1.165) is 41.1 Å². The molecule has 0 aliphatic carbocycles. The van der Waals surface area contributed by atoms with Gasteiger partial charge >= 0.3 is 0 Å². The van der Waals surface area contributed by atoms with Crippen molar-refractivity contribution in [2.45, 2.75) is 6.10 Å². The van der Waals surface area contributed by atoms with Gasteiger partial charge in [-0.2, -0.15) is 0 Å². The van der Waals surface area contributed by atoms with Crippen molar-refractivity contribution in [1.82, 2.24) is 9.97 Å². The Hall–Kier alpha value is -3.18. The van der Waals surface area contributed by atoms with Gasteiger partial charge in [-0.15, -0.1) is 0 Å². The number of anilines is 1. The highest BCUT2D eigenvalue weighted by Gasteiger charge is 2.23. The van der Waals surface area contributed by atoms with Gasteiger partial charge in [-0.05, 0) is 46.7 Å². The molecule has 0 saturated carbocycles. The van der Waals surface area contributed by atoms with Gasteiger partial charge in [0.2, 0.25) is 0 Å². The number of para-hydroxylation sites is 2. The molecule has 1 saturated heterocycles. The standard InChI is InChI=1S/C23H21N3O2/c1-27-19-9-8-16-12-18(7-6-17(16)13-19)22-15-26(10-11-28-22)23-14-24-20-4-2-3-5-21(20)25-23/h2-9,12-14,22H,10-11,15H2,1H3/t22-/m1/s1. The first kappa shape index (κ1) is 17.0. The van der Waals surface area contributed by atoms with Crippen molar-refractivity contribution >= 4 is 27.6 Å². The summed E-state index contributed by atoms with van der Waals surface area (Å²) in [6, 6.07) is 20.6. The van der Waals surface area contributed by atoms with Gasteiger partial charge in [0.25, 0.3) is 0 Å². The summed E-state index contributed by atoms with van der Waals surface area (Å²) in [6.45, 7) is 2.24. The lowest BCUT2D eigenvalue weighted by molar-refractivity contribution is 0.0396. The number of ether oxygens (including phenoxy) is 2. The van der Waals surface area contributed by atoms with Gasteiger partial charge in [0.1, 0.15) is 17.7 Å². The largest absolute Gasteiger partial charge is 0.497 e. The van der Waals surface area contributed by atoms with E-state index >= 15 is 0 Å². The Morgan fingerprint density at radius 3 is 2.71 bits per heavy atom. The van der Waals surface area contributed by atoms with Crippen molar-refractivity contribution in [3.05, 3.63) is 72.4 Å². The van der Waals surface area contributed by atoms with Crippen LogP contribution in [0.25, 0.3) is 21.8 Å². The van der Waals surface area contributed by atoms with Crippen molar-refractivity contribution < 1.29 is 9.47 Å². The first-order chi connectivity index (χ1) is 13.8. The average molecular weight is 371 g/mol. The molecule has 1 fully saturated rings. The van der Waals surface area contributed by atoms with Crippen molar-refractivity contribution in [3.8, 4) is 5.75 Å². The van der Waals surface area contributed by atoms with Crippen molar-refractivity contribution in [1.29, 1.82) is 0 Å². The lowest BCUT2D eigenvalue weighted by Crippen LogP contribution is -2.38. The van der Waals surface area contributed by atoms with E-state index in [4.69, 9.17) is 14.5 Å². The molecule has 3 aromatic carbocycles. The maximum Gasteiger partial charge on any atom is 0.148 e. The minimum absolute atomic E-state index is 0.00789. The molecule has 1 aliphatic rings. The number of aromatic nitrogens is 2. The highest BCUT2D eigenvalue weighted by molar-refractivity contribution is 5.84. The summed E-state index contributed by atoms with van der Waals surface area (Å²) in [4.78, 5) is 11.6. The van der Waals surface area contributed by atoms with E-state index in [2.05, 4.69) is 40.2 Å². The summed E-state index contributed by atoms with van der Waals surface area (Å²) >= 11 is 0. The molecule has 0 N–H and O–H groups in total. The van der Waals surface area contributed by atoms with E-state index in [1.54, 1.807) is 7.11 Å². The third-order valence-electron chi connectivity index (χ3n) is 5.27. The van der Waals surface area contributed by atoms with Gasteiger partial charge in [0, 0.05) is 13.1 Å². The second-order valence-electron chi connectivity index (χ2n) is 6.99. The molecule has 0 unspecified atom stereocenters. The maximum atomic E-state index is 6.08. The Bertz CT molecular complexity index is 1140. The van der Waals surface area contributed by atoms with Gasteiger partial charge in [0.15, 0.2) is 0 Å². The molecule has 0 radical (unpaired) electrons. The van der Waals surface area contributed by atoms with Crippen LogP contribution in [0.15, 0.2) is 66.9 Å². The minimum atomic E-state index is 0.00789. The topological polar surface area (TPSA) is 47.5 Å². The SMILES string of the molecule is COc1ccc2cc([C@H]3CN(c4cnc5ccccc5n4)CCO3)ccc2c1. The molecule has 5 nitrogen and oxygen atoms in total. The molecule has 0 spiro atoms. The lowest BCUT2D eigenvalue weighted by atomic mass is 10.0. The highest BCUT2D eigenvalue weighted by atomic mass is 16.5. The molecule has 0 amide bonds. The number of benzene rings is 3. The zero-order valence-corrected chi connectivity index (χ0v) is 15.7. The Kier molecular flexibility index (Phi) is 4.29. The summed E-state index contributed by atoms with van der Waals surface area (Å²) in [6.07, 6.45) is 1.87. The number of hydrogen-bond donors (Lipinski definition) is 0. The molecular weight excluding hydrogens is 350 g/mol. The summed E-state index contributed by atoms with van der Waals surface area (Å²) in [5.74, 6) is 1.77. The summed E-state index contributed by atoms with van der Waals surface area (Å²) < 4.78 is 11.4. The number of fused-ring (bicyclic) bond motifs is 2. The van der Waals surface area contributed by atoms with Crippen LogP contribution in [-0.2, 0) is 4.74 Å². The molecule has 0 bridgehead atoms. The Morgan fingerprint density at radius 2 is 1.82 bits per heavy atom. The third-order valence-corrected chi connectivity index (χ3v) is 5.27. The second-order valence-corrected chi connectivity index (χ2v) is 6.99. The number of methoxy groups -OCH3 is 1. The van der Waals surface area contributed by atoms with Crippen LogP contribution < -0.4 is 9.64 Å². The summed E-state index contributed by atoms with van der Waals surface area (Å²) in [5, 5.41) is 2.35. The zero-order chi connectivity index (χ0) is 18.9. The van der Waals surface area contributed by atoms with Gasteiger partial charge < -0.3 is 14.4 Å². The molecule has 5 heteroatoms. The zero-order valence-electron chi connectivity index (χ0n) is 15.7. The van der Waals surface area contributed by atoms with Gasteiger partial charge in [-0.3, -0.25) is 4.98 Å². The van der Waals surface area contributed by atoms with E-state index in [9.17, 15) is 0 Å². The quantitative estimate of drug-likeness (QED) is 0.535. The van der Waals surface area contributed by atoms with E-state index in [1.807, 2.05) is 36.5 Å². The number of rotatable bonds is 3. The van der Waals surface area contributed by atoms with Crippen LogP contribution in [-0.4, -0.2) is 36.8 Å². The molecule has 1 aromatic heterocycles. The molecular formula is C23H21N3O2. The average Bonchev–Trinajstić information content (AvgIpc) is 2.78. The molecule has 1 aliphatic heterocycles. The molecule has 28 heavy (non-hydrogen) atoms. The van der Waals surface area contributed by atoms with Crippen LogP contribution in [0.4, 0.5) is 5.82 Å². The predicted molar refractivity (Wildman–Crippen MR) is 111 cm³/mol. The van der Waals surface area contributed by atoms with Crippen molar-refractivity contribution in [2.75, 3.05) is 31.7 Å². The second kappa shape index (κ2) is 7.09. The fourth-order valence-corrected chi connectivity index (χ4v) is 3.73. The van der Waals surface area contributed by atoms with E-state index < -0.39 is 0 Å². The van der Waals surface area contributed by atoms with Crippen LogP contribution in [0.2, 0.25) is 0 Å². The van der Waals surface area contributed by atoms with E-state index in [0.29, 0.717) is 6.61 Å². The monoisotopic (exact) mass is 371 g/mol. The number of nitrogens with zero attached hydrogens (tertiary/aromatic N) is 3. The number of hydrogen-bond acceptors (Lipinski definition) is 5. The normalized spacial score (nSPS) is 17.2. The number of morpholine rings is 1. The van der Waals surface area contributed by atoms with Crippen LogP contribution in [0, 0.1) is 0 Å². The minimum Gasteiger partial charge on any atom is -0.497 e. The van der Waals surface area contributed by atoms with Gasteiger partial charge in [0.05, 0.1) is 30.9 Å². The first-order valence-corrected chi connectivity index (χ1v) is 9.46. The molecule has 1 atom stereocenters. The smallest absolute Gasteiger partial charge is 0.148 e. The Morgan fingerprint density at radius 1 is 1.00 bits per heavy atom. The third kappa shape index (κ3) is 3.14. The van der Waals surface area contributed by atoms with Crippen LogP contribution in [0.3, 0.4) is 0 Å². The molecule has 140 valence electrons. The molecule has 5 rings (SSSR count). The summed E-state index contributed by atoms with van der Waals surface area (Å²) in [5.41, 5.74) is 3.01. The fraction of sp³-hybridized carbons (Fsp3) is 0.217. The Balaban J connectivity index is 1.42. The first-order valence-electron chi connectivity index (χ1n) is 9.46. The van der Waals surface area contributed by atoms with E-state index in [-0.39, 0.29) is 6.10 Å². The van der Waals surface area contributed by atoms with Gasteiger partial charge in [-0.1, -0.05) is 30.3 Å². The maximum absolute atomic E-state index is 6.08. The van der Waals surface area contributed by atoms with Gasteiger partial charge in [-0.25, -0.2) is 4.98 Å². The van der Waals surface area contributed by atoms with Crippen LogP contribution in [0.1, 0.15) is 11.7 Å². The van der Waals surface area contributed by atoms with Crippen LogP contribution >= 0.6 is 0 Å². The molecule has 4 aromatic rings. The lowest BCUT2D eigenvalue weighted by Gasteiger charge is -2.34. The van der Waals surface area contributed by atoms with Crippen molar-refractivity contribution in [3.63, 3.8) is 0 Å². The van der Waals surface area contributed by atoms with E-state index in [1.165, 1.54) is 10.9 Å². The Labute approximate surface area is 163 Å². The summed E-state index contributed by atoms with van der Waals surface area (Å²) in [7, 11) is 1.69. The highest BCUT2D eigenvalue weighted by Crippen LogP contribution is 2.29. The fourth-order valence-electron chi connectivity index (χ4n) is 3.73. The molecule has 2 heterocycles. The van der Waals surface area contributed by atoms with Crippen LogP contribution in [0.5, 0.6) is 5.75 Å². The predicted octanol–water partition coefficient (Wildman–Crippen LogP) is 4.37.